The summed E-state index contributed by atoms with van der Waals surface area (Å²) in [7, 11) is -3.55. The average molecular weight is 297 g/mol. The van der Waals surface area contributed by atoms with Crippen molar-refractivity contribution in [2.45, 2.75) is 24.5 Å². The highest BCUT2D eigenvalue weighted by Gasteiger charge is 2.30. The zero-order chi connectivity index (χ0) is 14.2. The van der Waals surface area contributed by atoms with E-state index in [2.05, 4.69) is 15.3 Å². The predicted octanol–water partition coefficient (Wildman–Crippen LogP) is -1.36. The first-order valence-corrected chi connectivity index (χ1v) is 7.64. The van der Waals surface area contributed by atoms with Gasteiger partial charge in [-0.1, -0.05) is 0 Å². The maximum atomic E-state index is 12.5. The largest absolute Gasteiger partial charge is 0.329 e. The molecule has 0 spiro atoms. The van der Waals surface area contributed by atoms with Crippen LogP contribution in [0.25, 0.3) is 0 Å². The summed E-state index contributed by atoms with van der Waals surface area (Å²) in [5, 5.41) is 11.7. The fraction of sp³-hybridized carbons (Fsp3) is 0.500. The number of rotatable bonds is 4. The summed E-state index contributed by atoms with van der Waals surface area (Å²) >= 11 is 0. The van der Waals surface area contributed by atoms with Crippen LogP contribution >= 0.6 is 0 Å². The second-order valence-corrected chi connectivity index (χ2v) is 6.44. The second kappa shape index (κ2) is 4.96. The Morgan fingerprint density at radius 3 is 3.00 bits per heavy atom. The van der Waals surface area contributed by atoms with Crippen molar-refractivity contribution in [3.05, 3.63) is 24.5 Å². The molecule has 3 heterocycles. The van der Waals surface area contributed by atoms with Gasteiger partial charge < -0.3 is 10.3 Å². The van der Waals surface area contributed by atoms with Crippen LogP contribution < -0.4 is 5.73 Å². The summed E-state index contributed by atoms with van der Waals surface area (Å²) in [6, 6.07) is 0. The predicted molar refractivity (Wildman–Crippen MR) is 68.9 cm³/mol. The third-order valence-electron chi connectivity index (χ3n) is 3.21. The van der Waals surface area contributed by atoms with E-state index in [9.17, 15) is 8.42 Å². The average Bonchev–Trinajstić information content (AvgIpc) is 3.06. The third-order valence-corrected chi connectivity index (χ3v) is 5.01. The lowest BCUT2D eigenvalue weighted by atomic mass is 10.4. The minimum atomic E-state index is -3.55. The van der Waals surface area contributed by atoms with Gasteiger partial charge in [-0.25, -0.2) is 8.42 Å². The highest BCUT2D eigenvalue weighted by Crippen LogP contribution is 2.19. The van der Waals surface area contributed by atoms with Gasteiger partial charge in [0.1, 0.15) is 17.0 Å². The van der Waals surface area contributed by atoms with Crippen molar-refractivity contribution in [2.24, 2.45) is 5.73 Å². The molecule has 2 aromatic rings. The normalized spacial score (nSPS) is 16.2. The zero-order valence-electron chi connectivity index (χ0n) is 10.8. The number of nitrogens with two attached hydrogens (primary N) is 1. The standard InChI is InChI=1S/C10H15N7O2S/c11-1-2-16-6-9(5-13-16)20(18,19)17-4-3-15-8-12-14-10(15)7-17/h5-6,8H,1-4,7,11H2. The van der Waals surface area contributed by atoms with Crippen LogP contribution in [0.4, 0.5) is 0 Å². The van der Waals surface area contributed by atoms with E-state index in [0.717, 1.165) is 0 Å². The lowest BCUT2D eigenvalue weighted by molar-refractivity contribution is 0.335. The molecule has 0 saturated heterocycles. The smallest absolute Gasteiger partial charge is 0.246 e. The SMILES string of the molecule is NCCn1cc(S(=O)(=O)N2CCn3cnnc3C2)cn1. The molecule has 2 N–H and O–H groups in total. The van der Waals surface area contributed by atoms with Gasteiger partial charge in [-0.05, 0) is 0 Å². The Hall–Kier alpha value is -1.78. The fourth-order valence-corrected chi connectivity index (χ4v) is 3.47. The maximum absolute atomic E-state index is 12.5. The van der Waals surface area contributed by atoms with Crippen molar-refractivity contribution in [1.82, 2.24) is 28.9 Å². The van der Waals surface area contributed by atoms with Gasteiger partial charge in [-0.2, -0.15) is 9.40 Å². The summed E-state index contributed by atoms with van der Waals surface area (Å²) in [5.41, 5.74) is 5.42. The second-order valence-electron chi connectivity index (χ2n) is 4.51. The Labute approximate surface area is 116 Å². The fourth-order valence-electron chi connectivity index (χ4n) is 2.13. The van der Waals surface area contributed by atoms with E-state index in [0.29, 0.717) is 32.0 Å². The van der Waals surface area contributed by atoms with E-state index in [1.54, 1.807) is 6.33 Å². The lowest BCUT2D eigenvalue weighted by Crippen LogP contribution is -2.38. The van der Waals surface area contributed by atoms with Crippen molar-refractivity contribution in [2.75, 3.05) is 13.1 Å². The highest BCUT2D eigenvalue weighted by molar-refractivity contribution is 7.89. The first-order chi connectivity index (χ1) is 9.61. The molecule has 0 atom stereocenters. The topological polar surface area (TPSA) is 112 Å². The van der Waals surface area contributed by atoms with Gasteiger partial charge in [0, 0.05) is 25.8 Å². The Morgan fingerprint density at radius 1 is 1.35 bits per heavy atom. The first kappa shape index (κ1) is 13.2. The number of aromatic nitrogens is 5. The van der Waals surface area contributed by atoms with Crippen LogP contribution in [0.5, 0.6) is 0 Å². The lowest BCUT2D eigenvalue weighted by Gasteiger charge is -2.25. The van der Waals surface area contributed by atoms with Crippen LogP contribution in [0.2, 0.25) is 0 Å². The Kier molecular flexibility index (Phi) is 3.28. The van der Waals surface area contributed by atoms with Crippen molar-refractivity contribution in [3.63, 3.8) is 0 Å². The molecule has 0 aliphatic carbocycles. The molecule has 1 aliphatic heterocycles. The van der Waals surface area contributed by atoms with Gasteiger partial charge in [0.15, 0.2) is 0 Å². The van der Waals surface area contributed by atoms with E-state index >= 15 is 0 Å². The Morgan fingerprint density at radius 2 is 2.20 bits per heavy atom. The number of fused-ring (bicyclic) bond motifs is 1. The minimum absolute atomic E-state index is 0.180. The van der Waals surface area contributed by atoms with Gasteiger partial charge in [0.2, 0.25) is 10.0 Å². The molecule has 108 valence electrons. The molecule has 20 heavy (non-hydrogen) atoms. The molecule has 1 aliphatic rings. The van der Waals surface area contributed by atoms with Gasteiger partial charge in [0.25, 0.3) is 0 Å². The van der Waals surface area contributed by atoms with Crippen LogP contribution in [-0.4, -0.2) is 50.4 Å². The van der Waals surface area contributed by atoms with Gasteiger partial charge in [0.05, 0.1) is 19.3 Å². The third kappa shape index (κ3) is 2.21. The number of hydrogen-bond acceptors (Lipinski definition) is 6. The first-order valence-electron chi connectivity index (χ1n) is 6.20. The van der Waals surface area contributed by atoms with Crippen molar-refractivity contribution >= 4 is 10.0 Å². The maximum Gasteiger partial charge on any atom is 0.246 e. The van der Waals surface area contributed by atoms with E-state index in [-0.39, 0.29) is 11.4 Å². The van der Waals surface area contributed by atoms with Crippen LogP contribution in [0.1, 0.15) is 5.82 Å². The molecule has 0 amide bonds. The monoisotopic (exact) mass is 297 g/mol. The molecule has 0 aromatic carbocycles. The molecular weight excluding hydrogens is 282 g/mol. The molecular formula is C10H15N7O2S. The van der Waals surface area contributed by atoms with Crippen LogP contribution in [-0.2, 0) is 29.7 Å². The van der Waals surface area contributed by atoms with Crippen molar-refractivity contribution in [3.8, 4) is 0 Å². The molecule has 3 rings (SSSR count). The zero-order valence-corrected chi connectivity index (χ0v) is 11.6. The van der Waals surface area contributed by atoms with Crippen LogP contribution in [0.3, 0.4) is 0 Å². The summed E-state index contributed by atoms with van der Waals surface area (Å²) in [5.74, 6) is 0.647. The van der Waals surface area contributed by atoms with Gasteiger partial charge in [-0.15, -0.1) is 10.2 Å². The molecule has 0 unspecified atom stereocenters. The molecule has 9 nitrogen and oxygen atoms in total. The van der Waals surface area contributed by atoms with Gasteiger partial charge in [-0.3, -0.25) is 4.68 Å². The Balaban J connectivity index is 1.85. The molecule has 0 bridgehead atoms. The molecule has 0 radical (unpaired) electrons. The van der Waals surface area contributed by atoms with Crippen molar-refractivity contribution in [1.29, 1.82) is 0 Å². The van der Waals surface area contributed by atoms with E-state index < -0.39 is 10.0 Å². The summed E-state index contributed by atoms with van der Waals surface area (Å²) in [6.45, 7) is 2.08. The summed E-state index contributed by atoms with van der Waals surface area (Å²) in [6.07, 6.45) is 4.46. The van der Waals surface area contributed by atoms with Crippen LogP contribution in [0, 0.1) is 0 Å². The van der Waals surface area contributed by atoms with E-state index in [4.69, 9.17) is 5.73 Å². The number of sulfonamides is 1. The molecule has 0 saturated carbocycles. The quantitative estimate of drug-likeness (QED) is 0.746. The van der Waals surface area contributed by atoms with Crippen LogP contribution in [0.15, 0.2) is 23.6 Å². The Bertz CT molecular complexity index is 705. The van der Waals surface area contributed by atoms with Crippen molar-refractivity contribution < 1.29 is 8.42 Å². The summed E-state index contributed by atoms with van der Waals surface area (Å²) < 4.78 is 29.8. The molecule has 0 fully saturated rings. The molecule has 2 aromatic heterocycles. The summed E-state index contributed by atoms with van der Waals surface area (Å²) in [4.78, 5) is 0.180. The van der Waals surface area contributed by atoms with E-state index in [1.807, 2.05) is 4.57 Å². The van der Waals surface area contributed by atoms with Gasteiger partial charge >= 0.3 is 0 Å². The molecule has 10 heteroatoms. The number of hydrogen-bond donors (Lipinski definition) is 1. The number of nitrogens with zero attached hydrogens (tertiary/aromatic N) is 6. The minimum Gasteiger partial charge on any atom is -0.329 e. The highest BCUT2D eigenvalue weighted by atomic mass is 32.2. The van der Waals surface area contributed by atoms with E-state index in [1.165, 1.54) is 21.4 Å².